The van der Waals surface area contributed by atoms with Crippen LogP contribution in [-0.2, 0) is 16.5 Å². The first-order valence-electron chi connectivity index (χ1n) is 7.10. The van der Waals surface area contributed by atoms with Crippen LogP contribution in [0.5, 0.6) is 0 Å². The lowest BCUT2D eigenvalue weighted by atomic mass is 10.0. The van der Waals surface area contributed by atoms with Crippen LogP contribution in [0.2, 0.25) is 0 Å². The van der Waals surface area contributed by atoms with E-state index in [1.54, 1.807) is 32.8 Å². The van der Waals surface area contributed by atoms with Gasteiger partial charge >= 0.3 is 0 Å². The quantitative estimate of drug-likeness (QED) is 0.368. The maximum absolute atomic E-state index is 11.1. The first kappa shape index (κ1) is 17.4. The van der Waals surface area contributed by atoms with E-state index in [0.29, 0.717) is 6.42 Å². The molecule has 3 aromatic rings. The van der Waals surface area contributed by atoms with E-state index >= 15 is 0 Å². The van der Waals surface area contributed by atoms with E-state index in [2.05, 4.69) is 19.1 Å². The predicted molar refractivity (Wildman–Crippen MR) is 102 cm³/mol. The highest BCUT2D eigenvalue weighted by Crippen LogP contribution is 2.37. The third-order valence-corrected chi connectivity index (χ3v) is 7.76. The third-order valence-electron chi connectivity index (χ3n) is 3.71. The van der Waals surface area contributed by atoms with Gasteiger partial charge in [-0.15, -0.1) is 0 Å². The van der Waals surface area contributed by atoms with Crippen molar-refractivity contribution >= 4 is 43.0 Å². The maximum atomic E-state index is 11.1. The van der Waals surface area contributed by atoms with Crippen LogP contribution in [0.1, 0.15) is 16.7 Å². The molecule has 1 aromatic heterocycles. The fourth-order valence-corrected chi connectivity index (χ4v) is 5.91. The molecule has 0 aliphatic heterocycles. The van der Waals surface area contributed by atoms with E-state index < -0.39 is 10.1 Å². The summed E-state index contributed by atoms with van der Waals surface area (Å²) < 4.78 is 32.2. The Kier molecular flexibility index (Phi) is 4.98. The number of hydrogen-bond donors (Lipinski definition) is 1. The largest absolute Gasteiger partial charge is 0.294 e. The summed E-state index contributed by atoms with van der Waals surface area (Å²) in [6, 6.07) is 14.4. The molecule has 0 bridgehead atoms. The van der Waals surface area contributed by atoms with Gasteiger partial charge in [0.2, 0.25) is 0 Å². The zero-order chi connectivity index (χ0) is 17.3. The smallest absolute Gasteiger partial charge is 0.282 e. The lowest BCUT2D eigenvalue weighted by Crippen LogP contribution is -1.98. The van der Waals surface area contributed by atoms with Gasteiger partial charge in [-0.3, -0.25) is 4.55 Å². The molecule has 1 N–H and O–H groups in total. The van der Waals surface area contributed by atoms with Gasteiger partial charge in [0.1, 0.15) is 3.82 Å². The Balaban J connectivity index is 1.99. The molecule has 0 fully saturated rings. The van der Waals surface area contributed by atoms with Crippen LogP contribution < -0.4 is 0 Å². The van der Waals surface area contributed by atoms with Gasteiger partial charge in [0.05, 0.1) is 9.77 Å². The summed E-state index contributed by atoms with van der Waals surface area (Å²) in [5.74, 6) is 0. The lowest BCUT2D eigenvalue weighted by Gasteiger charge is -2.07. The molecule has 0 saturated carbocycles. The van der Waals surface area contributed by atoms with E-state index in [1.807, 2.05) is 12.1 Å². The minimum atomic E-state index is -4.16. The van der Waals surface area contributed by atoms with Crippen LogP contribution in [0.15, 0.2) is 53.4 Å². The second-order valence-electron chi connectivity index (χ2n) is 5.37. The summed E-state index contributed by atoms with van der Waals surface area (Å²) in [7, 11) is -0.909. The minimum Gasteiger partial charge on any atom is -0.282 e. The first-order chi connectivity index (χ1) is 11.4. The highest BCUT2D eigenvalue weighted by atomic mass is 32.9. The summed E-state index contributed by atoms with van der Waals surface area (Å²) in [6.07, 6.45) is 0.633. The zero-order valence-electron chi connectivity index (χ0n) is 12.7. The van der Waals surface area contributed by atoms with Crippen LogP contribution in [0.25, 0.3) is 10.4 Å². The molecular formula is C17H14O3S4. The molecule has 0 aliphatic carbocycles. The fourth-order valence-electron chi connectivity index (χ4n) is 2.44. The van der Waals surface area contributed by atoms with Crippen molar-refractivity contribution in [2.45, 2.75) is 18.2 Å². The monoisotopic (exact) mass is 394 g/mol. The van der Waals surface area contributed by atoms with Gasteiger partial charge in [-0.05, 0) is 35.7 Å². The van der Waals surface area contributed by atoms with Crippen molar-refractivity contribution in [1.82, 2.24) is 0 Å². The Labute approximate surface area is 153 Å². The van der Waals surface area contributed by atoms with Crippen molar-refractivity contribution in [3.63, 3.8) is 0 Å². The van der Waals surface area contributed by atoms with Crippen LogP contribution in [0, 0.1) is 10.7 Å². The van der Waals surface area contributed by atoms with E-state index in [1.165, 1.54) is 28.1 Å². The van der Waals surface area contributed by atoms with Gasteiger partial charge in [0.15, 0.2) is 0 Å². The molecule has 3 nitrogen and oxygen atoms in total. The molecule has 0 radical (unpaired) electrons. The molecule has 0 atom stereocenters. The Morgan fingerprint density at radius 1 is 1.04 bits per heavy atom. The van der Waals surface area contributed by atoms with Crippen molar-refractivity contribution in [3.05, 3.63) is 69.0 Å². The first-order valence-corrected chi connectivity index (χ1v) is 11.1. The van der Waals surface area contributed by atoms with E-state index in [9.17, 15) is 8.42 Å². The van der Waals surface area contributed by atoms with Gasteiger partial charge in [0.25, 0.3) is 10.1 Å². The Bertz CT molecular complexity index is 1030. The lowest BCUT2D eigenvalue weighted by molar-refractivity contribution is 0.483. The van der Waals surface area contributed by atoms with Crippen molar-refractivity contribution < 1.29 is 13.0 Å². The summed E-state index contributed by atoms with van der Waals surface area (Å²) in [4.78, 5) is 1.07. The van der Waals surface area contributed by atoms with Crippen LogP contribution in [0.4, 0.5) is 0 Å². The minimum absolute atomic E-state index is 0.0999. The van der Waals surface area contributed by atoms with Gasteiger partial charge in [-0.1, -0.05) is 69.3 Å². The molecular weight excluding hydrogens is 380 g/mol. The maximum Gasteiger partial charge on any atom is 0.294 e. The second-order valence-corrected chi connectivity index (χ2v) is 9.61. The van der Waals surface area contributed by atoms with Crippen LogP contribution >= 0.6 is 32.9 Å². The van der Waals surface area contributed by atoms with Gasteiger partial charge < -0.3 is 0 Å². The Morgan fingerprint density at radius 3 is 2.33 bits per heavy atom. The predicted octanol–water partition coefficient (Wildman–Crippen LogP) is 5.35. The van der Waals surface area contributed by atoms with E-state index in [4.69, 9.17) is 16.8 Å². The van der Waals surface area contributed by atoms with Gasteiger partial charge in [-0.2, -0.15) is 8.42 Å². The van der Waals surface area contributed by atoms with Crippen molar-refractivity contribution in [2.75, 3.05) is 0 Å². The summed E-state index contributed by atoms with van der Waals surface area (Å²) in [5, 5.41) is 0. The molecule has 0 saturated heterocycles. The van der Waals surface area contributed by atoms with Gasteiger partial charge in [-0.25, -0.2) is 0 Å². The van der Waals surface area contributed by atoms with Gasteiger partial charge in [0, 0.05) is 12.0 Å². The molecule has 0 aliphatic rings. The number of rotatable bonds is 4. The average molecular weight is 395 g/mol. The summed E-state index contributed by atoms with van der Waals surface area (Å²) in [6.45, 7) is 2.08. The fraction of sp³-hybridized carbons (Fsp3) is 0.118. The average Bonchev–Trinajstić information content (AvgIpc) is 2.89. The molecule has 7 heteroatoms. The van der Waals surface area contributed by atoms with Crippen molar-refractivity contribution in [2.24, 2.45) is 0 Å². The topological polar surface area (TPSA) is 54.4 Å². The summed E-state index contributed by atoms with van der Waals surface area (Å²) >= 11 is 5.49. The molecule has 3 rings (SSSR count). The third kappa shape index (κ3) is 3.65. The number of aryl methyl sites for hydroxylation is 1. The SMILES string of the molecule is Cc1ccccc1-c1ssc(=S)c1Cc1ccc(S(=O)(=O)O)cc1. The Morgan fingerprint density at radius 2 is 1.71 bits per heavy atom. The molecule has 0 spiro atoms. The number of benzene rings is 2. The normalized spacial score (nSPS) is 11.6. The highest BCUT2D eigenvalue weighted by Gasteiger charge is 2.14. The molecule has 24 heavy (non-hydrogen) atoms. The highest BCUT2D eigenvalue weighted by molar-refractivity contribution is 7.85. The van der Waals surface area contributed by atoms with Crippen LogP contribution in [0.3, 0.4) is 0 Å². The zero-order valence-corrected chi connectivity index (χ0v) is 16.0. The van der Waals surface area contributed by atoms with E-state index in [-0.39, 0.29) is 4.90 Å². The number of hydrogen-bond acceptors (Lipinski definition) is 5. The molecule has 2 aromatic carbocycles. The summed E-state index contributed by atoms with van der Waals surface area (Å²) in [5.41, 5.74) is 4.42. The van der Waals surface area contributed by atoms with Crippen molar-refractivity contribution in [3.8, 4) is 10.4 Å². The van der Waals surface area contributed by atoms with Crippen molar-refractivity contribution in [1.29, 1.82) is 0 Å². The molecule has 1 heterocycles. The van der Waals surface area contributed by atoms with Crippen LogP contribution in [-0.4, -0.2) is 13.0 Å². The standard InChI is InChI=1S/C17H14O3S4/c1-11-4-2-3-5-14(11)16-15(17(21)23-22-16)10-12-6-8-13(9-7-12)24(18,19)20/h2-9H,10H2,1H3,(H,18,19,20). The molecule has 124 valence electrons. The molecule has 0 unspecified atom stereocenters. The molecule has 0 amide bonds. The van der Waals surface area contributed by atoms with E-state index in [0.717, 1.165) is 15.0 Å². The Hall–Kier alpha value is -1.38. The second kappa shape index (κ2) is 6.85.